The zero-order valence-corrected chi connectivity index (χ0v) is 12.9. The molecule has 1 heterocycles. The molecule has 2 fully saturated rings. The van der Waals surface area contributed by atoms with E-state index in [1.54, 1.807) is 0 Å². The molecule has 1 aliphatic heterocycles. The molecule has 1 saturated heterocycles. The number of carbonyl (C=O) groups excluding carboxylic acids is 1. The maximum absolute atomic E-state index is 12.0. The summed E-state index contributed by atoms with van der Waals surface area (Å²) in [6.45, 7) is 9.90. The van der Waals surface area contributed by atoms with Gasteiger partial charge in [0.1, 0.15) is 0 Å². The van der Waals surface area contributed by atoms with Crippen LogP contribution in [0.25, 0.3) is 0 Å². The van der Waals surface area contributed by atoms with Gasteiger partial charge in [0, 0.05) is 32.1 Å². The third-order valence-electron chi connectivity index (χ3n) is 4.90. The van der Waals surface area contributed by atoms with E-state index in [9.17, 15) is 4.79 Å². The zero-order chi connectivity index (χ0) is 13.9. The van der Waals surface area contributed by atoms with Crippen LogP contribution in [0.2, 0.25) is 0 Å². The van der Waals surface area contributed by atoms with Gasteiger partial charge in [-0.3, -0.25) is 4.79 Å². The third kappa shape index (κ3) is 4.20. The molecule has 0 radical (unpaired) electrons. The second-order valence-corrected chi connectivity index (χ2v) is 7.28. The van der Waals surface area contributed by atoms with Crippen LogP contribution in [0.15, 0.2) is 0 Å². The summed E-state index contributed by atoms with van der Waals surface area (Å²) in [7, 11) is 0. The van der Waals surface area contributed by atoms with E-state index >= 15 is 0 Å². The third-order valence-corrected chi connectivity index (χ3v) is 4.90. The van der Waals surface area contributed by atoms with E-state index < -0.39 is 0 Å². The Bertz CT molecular complexity index is 308. The van der Waals surface area contributed by atoms with Crippen molar-refractivity contribution in [2.75, 3.05) is 19.6 Å². The minimum atomic E-state index is 0.341. The summed E-state index contributed by atoms with van der Waals surface area (Å²) in [5.74, 6) is 1.07. The van der Waals surface area contributed by atoms with Gasteiger partial charge in [-0.2, -0.15) is 0 Å². The van der Waals surface area contributed by atoms with Crippen molar-refractivity contribution in [3.63, 3.8) is 0 Å². The van der Waals surface area contributed by atoms with Crippen molar-refractivity contribution in [2.45, 2.75) is 65.3 Å². The second kappa shape index (κ2) is 6.25. The van der Waals surface area contributed by atoms with Gasteiger partial charge in [-0.25, -0.2) is 0 Å². The largest absolute Gasteiger partial charge is 0.343 e. The zero-order valence-electron chi connectivity index (χ0n) is 12.9. The Morgan fingerprint density at radius 2 is 2.00 bits per heavy atom. The molecule has 1 N–H and O–H groups in total. The molecule has 0 aromatic rings. The lowest BCUT2D eigenvalue weighted by Gasteiger charge is -2.39. The van der Waals surface area contributed by atoms with Crippen LogP contribution < -0.4 is 5.32 Å². The number of hydrogen-bond donors (Lipinski definition) is 1. The topological polar surface area (TPSA) is 32.3 Å². The number of rotatable bonds is 4. The highest BCUT2D eigenvalue weighted by Crippen LogP contribution is 2.38. The summed E-state index contributed by atoms with van der Waals surface area (Å²) >= 11 is 0. The first-order valence-electron chi connectivity index (χ1n) is 7.99. The first kappa shape index (κ1) is 14.8. The van der Waals surface area contributed by atoms with E-state index in [-0.39, 0.29) is 0 Å². The average Bonchev–Trinajstić information content (AvgIpc) is 2.84. The molecule has 2 rings (SSSR count). The van der Waals surface area contributed by atoms with Gasteiger partial charge in [-0.15, -0.1) is 0 Å². The number of likely N-dealkylation sites (tertiary alicyclic amines) is 1. The number of nitrogens with zero attached hydrogens (tertiary/aromatic N) is 1. The lowest BCUT2D eigenvalue weighted by molar-refractivity contribution is -0.130. The summed E-state index contributed by atoms with van der Waals surface area (Å²) < 4.78 is 0. The first-order chi connectivity index (χ1) is 8.98. The van der Waals surface area contributed by atoms with Gasteiger partial charge < -0.3 is 10.2 Å². The molecule has 1 aliphatic carbocycles. The predicted molar refractivity (Wildman–Crippen MR) is 79.0 cm³/mol. The monoisotopic (exact) mass is 266 g/mol. The Morgan fingerprint density at radius 1 is 1.32 bits per heavy atom. The fraction of sp³-hybridized carbons (Fsp3) is 0.938. The second-order valence-electron chi connectivity index (χ2n) is 7.28. The number of carbonyl (C=O) groups is 1. The highest BCUT2D eigenvalue weighted by Gasteiger charge is 2.32. The Kier molecular flexibility index (Phi) is 4.88. The summed E-state index contributed by atoms with van der Waals surface area (Å²) in [4.78, 5) is 14.0. The highest BCUT2D eigenvalue weighted by molar-refractivity contribution is 5.76. The van der Waals surface area contributed by atoms with Gasteiger partial charge in [0.25, 0.3) is 0 Å². The van der Waals surface area contributed by atoms with E-state index in [4.69, 9.17) is 0 Å². The standard InChI is InChI=1S/C16H30N2O/c1-13-12-16(2,3)8-6-14(13)17-9-7-15(19)18-10-4-5-11-18/h13-14,17H,4-12H2,1-3H3. The molecule has 110 valence electrons. The smallest absolute Gasteiger partial charge is 0.223 e. The van der Waals surface area contributed by atoms with E-state index in [1.165, 1.54) is 32.1 Å². The first-order valence-corrected chi connectivity index (χ1v) is 7.99. The van der Waals surface area contributed by atoms with Gasteiger partial charge >= 0.3 is 0 Å². The molecule has 0 aromatic carbocycles. The SMILES string of the molecule is CC1CC(C)(C)CCC1NCCC(=O)N1CCCC1. The summed E-state index contributed by atoms with van der Waals surface area (Å²) in [5, 5.41) is 3.62. The van der Waals surface area contributed by atoms with Crippen LogP contribution in [0, 0.1) is 11.3 Å². The van der Waals surface area contributed by atoms with Gasteiger partial charge in [0.2, 0.25) is 5.91 Å². The fourth-order valence-corrected chi connectivity index (χ4v) is 3.74. The summed E-state index contributed by atoms with van der Waals surface area (Å²) in [6.07, 6.45) is 6.90. The van der Waals surface area contributed by atoms with Crippen LogP contribution in [-0.2, 0) is 4.79 Å². The number of hydrogen-bond acceptors (Lipinski definition) is 2. The van der Waals surface area contributed by atoms with Crippen molar-refractivity contribution >= 4 is 5.91 Å². The molecule has 0 aromatic heterocycles. The summed E-state index contributed by atoms with van der Waals surface area (Å²) in [6, 6.07) is 0.611. The Balaban J connectivity index is 1.67. The van der Waals surface area contributed by atoms with Crippen LogP contribution in [0.5, 0.6) is 0 Å². The van der Waals surface area contributed by atoms with Crippen LogP contribution in [-0.4, -0.2) is 36.5 Å². The molecule has 3 nitrogen and oxygen atoms in total. The molecule has 0 spiro atoms. The van der Waals surface area contributed by atoms with E-state index in [0.717, 1.165) is 25.6 Å². The molecular weight excluding hydrogens is 236 g/mol. The van der Waals surface area contributed by atoms with Crippen molar-refractivity contribution in [2.24, 2.45) is 11.3 Å². The molecule has 1 amide bonds. The van der Waals surface area contributed by atoms with Crippen molar-refractivity contribution < 1.29 is 4.79 Å². The molecule has 0 bridgehead atoms. The van der Waals surface area contributed by atoms with Crippen molar-refractivity contribution in [3.05, 3.63) is 0 Å². The molecule has 1 saturated carbocycles. The lowest BCUT2D eigenvalue weighted by atomic mass is 9.70. The molecule has 19 heavy (non-hydrogen) atoms. The normalized spacial score (nSPS) is 30.6. The number of nitrogens with one attached hydrogen (secondary N) is 1. The lowest BCUT2D eigenvalue weighted by Crippen LogP contribution is -2.43. The fourth-order valence-electron chi connectivity index (χ4n) is 3.74. The minimum Gasteiger partial charge on any atom is -0.343 e. The minimum absolute atomic E-state index is 0.341. The highest BCUT2D eigenvalue weighted by atomic mass is 16.2. The molecule has 2 aliphatic rings. The van der Waals surface area contributed by atoms with Gasteiger partial charge in [0.05, 0.1) is 0 Å². The quantitative estimate of drug-likeness (QED) is 0.848. The number of amides is 1. The molecule has 2 atom stereocenters. The molecule has 2 unspecified atom stereocenters. The van der Waals surface area contributed by atoms with E-state index in [0.29, 0.717) is 23.8 Å². The van der Waals surface area contributed by atoms with Crippen molar-refractivity contribution in [1.82, 2.24) is 10.2 Å². The van der Waals surface area contributed by atoms with Crippen LogP contribution in [0.3, 0.4) is 0 Å². The summed E-state index contributed by atoms with van der Waals surface area (Å²) in [5.41, 5.74) is 0.503. The van der Waals surface area contributed by atoms with Crippen LogP contribution in [0.4, 0.5) is 0 Å². The molecular formula is C16H30N2O. The van der Waals surface area contributed by atoms with Gasteiger partial charge in [0.15, 0.2) is 0 Å². The molecule has 3 heteroatoms. The maximum Gasteiger partial charge on any atom is 0.223 e. The Labute approximate surface area is 118 Å². The predicted octanol–water partition coefficient (Wildman–Crippen LogP) is 2.80. The van der Waals surface area contributed by atoms with Gasteiger partial charge in [-0.05, 0) is 43.4 Å². The Hall–Kier alpha value is -0.570. The van der Waals surface area contributed by atoms with E-state index in [1.807, 2.05) is 4.90 Å². The van der Waals surface area contributed by atoms with Crippen molar-refractivity contribution in [3.8, 4) is 0 Å². The van der Waals surface area contributed by atoms with Crippen molar-refractivity contribution in [1.29, 1.82) is 0 Å². The Morgan fingerprint density at radius 3 is 2.63 bits per heavy atom. The van der Waals surface area contributed by atoms with Crippen LogP contribution in [0.1, 0.15) is 59.3 Å². The van der Waals surface area contributed by atoms with E-state index in [2.05, 4.69) is 26.1 Å². The average molecular weight is 266 g/mol. The van der Waals surface area contributed by atoms with Gasteiger partial charge in [-0.1, -0.05) is 20.8 Å². The maximum atomic E-state index is 12.0. The van der Waals surface area contributed by atoms with Crippen LogP contribution >= 0.6 is 0 Å².